The van der Waals surface area contributed by atoms with Crippen LogP contribution in [0.4, 0.5) is 5.69 Å². The van der Waals surface area contributed by atoms with Crippen molar-refractivity contribution < 1.29 is 9.90 Å². The van der Waals surface area contributed by atoms with Crippen LogP contribution in [-0.4, -0.2) is 24.0 Å². The number of aliphatic hydroxyl groups excluding tert-OH is 1. The van der Waals surface area contributed by atoms with Crippen LogP contribution in [-0.2, 0) is 0 Å². The molecule has 0 heterocycles. The fraction of sp³-hybridized carbons (Fsp3) is 0.133. The lowest BCUT2D eigenvalue weighted by Gasteiger charge is -2.16. The van der Waals surface area contributed by atoms with Crippen molar-refractivity contribution in [3.8, 4) is 0 Å². The SMILES string of the molecule is O=C1C=Cc2cccc3ccc(NCCO)c1c23. The summed E-state index contributed by atoms with van der Waals surface area (Å²) >= 11 is 0. The van der Waals surface area contributed by atoms with Crippen LogP contribution in [0.3, 0.4) is 0 Å². The lowest BCUT2D eigenvalue weighted by Crippen LogP contribution is -2.11. The van der Waals surface area contributed by atoms with Crippen molar-refractivity contribution in [2.24, 2.45) is 0 Å². The van der Waals surface area contributed by atoms with Gasteiger partial charge in [-0.25, -0.2) is 0 Å². The molecule has 3 nitrogen and oxygen atoms in total. The first-order valence-electron chi connectivity index (χ1n) is 5.94. The highest BCUT2D eigenvalue weighted by Crippen LogP contribution is 2.33. The lowest BCUT2D eigenvalue weighted by atomic mass is 9.91. The highest BCUT2D eigenvalue weighted by atomic mass is 16.3. The molecule has 0 atom stereocenters. The Bertz CT molecular complexity index is 659. The number of benzene rings is 2. The largest absolute Gasteiger partial charge is 0.395 e. The molecule has 0 fully saturated rings. The van der Waals surface area contributed by atoms with Gasteiger partial charge in [-0.3, -0.25) is 4.79 Å². The van der Waals surface area contributed by atoms with Crippen molar-refractivity contribution in [2.45, 2.75) is 0 Å². The average molecular weight is 239 g/mol. The Morgan fingerprint density at radius 3 is 2.83 bits per heavy atom. The van der Waals surface area contributed by atoms with Gasteiger partial charge in [-0.1, -0.05) is 30.3 Å². The van der Waals surface area contributed by atoms with Crippen LogP contribution in [0.5, 0.6) is 0 Å². The molecule has 2 aromatic rings. The van der Waals surface area contributed by atoms with E-state index in [1.807, 2.05) is 36.4 Å². The minimum absolute atomic E-state index is 0.0136. The van der Waals surface area contributed by atoms with Crippen LogP contribution in [0.15, 0.2) is 36.4 Å². The van der Waals surface area contributed by atoms with Gasteiger partial charge < -0.3 is 10.4 Å². The number of hydrogen-bond donors (Lipinski definition) is 2. The van der Waals surface area contributed by atoms with E-state index in [0.717, 1.165) is 22.0 Å². The third-order valence-corrected chi connectivity index (χ3v) is 3.17. The summed E-state index contributed by atoms with van der Waals surface area (Å²) in [6.45, 7) is 0.487. The maximum Gasteiger partial charge on any atom is 0.188 e. The van der Waals surface area contributed by atoms with Gasteiger partial charge in [0.2, 0.25) is 0 Å². The van der Waals surface area contributed by atoms with Gasteiger partial charge in [0.15, 0.2) is 5.78 Å². The summed E-state index contributed by atoms with van der Waals surface area (Å²) in [6, 6.07) is 9.89. The molecule has 0 bridgehead atoms. The minimum Gasteiger partial charge on any atom is -0.395 e. The first-order chi connectivity index (χ1) is 8.81. The highest BCUT2D eigenvalue weighted by Gasteiger charge is 2.18. The van der Waals surface area contributed by atoms with E-state index in [4.69, 9.17) is 5.11 Å². The number of aliphatic hydroxyl groups is 1. The molecule has 1 aliphatic rings. The summed E-state index contributed by atoms with van der Waals surface area (Å²) in [7, 11) is 0. The Morgan fingerprint density at radius 1 is 1.11 bits per heavy atom. The quantitative estimate of drug-likeness (QED) is 0.865. The second-order valence-electron chi connectivity index (χ2n) is 4.28. The fourth-order valence-electron chi connectivity index (χ4n) is 2.39. The Kier molecular flexibility index (Phi) is 2.61. The van der Waals surface area contributed by atoms with Crippen molar-refractivity contribution in [1.82, 2.24) is 0 Å². The second kappa shape index (κ2) is 4.27. The zero-order chi connectivity index (χ0) is 12.5. The molecule has 0 saturated carbocycles. The Balaban J connectivity index is 2.27. The van der Waals surface area contributed by atoms with E-state index in [1.54, 1.807) is 6.08 Å². The van der Waals surface area contributed by atoms with Crippen LogP contribution in [0.25, 0.3) is 16.8 Å². The topological polar surface area (TPSA) is 49.3 Å². The molecule has 0 aliphatic heterocycles. The third-order valence-electron chi connectivity index (χ3n) is 3.17. The minimum atomic E-state index is 0.0136. The first-order valence-corrected chi connectivity index (χ1v) is 5.94. The molecule has 0 saturated heterocycles. The molecule has 3 heteroatoms. The molecule has 0 spiro atoms. The van der Waals surface area contributed by atoms with Crippen LogP contribution in [0.2, 0.25) is 0 Å². The van der Waals surface area contributed by atoms with Gasteiger partial charge in [0, 0.05) is 17.6 Å². The summed E-state index contributed by atoms with van der Waals surface area (Å²) in [4.78, 5) is 12.1. The van der Waals surface area contributed by atoms with Gasteiger partial charge >= 0.3 is 0 Å². The second-order valence-corrected chi connectivity index (χ2v) is 4.28. The van der Waals surface area contributed by atoms with E-state index in [0.29, 0.717) is 12.1 Å². The molecule has 0 amide bonds. The van der Waals surface area contributed by atoms with Gasteiger partial charge in [-0.2, -0.15) is 0 Å². The monoisotopic (exact) mass is 239 g/mol. The van der Waals surface area contributed by atoms with Crippen molar-refractivity contribution in [1.29, 1.82) is 0 Å². The number of allylic oxidation sites excluding steroid dienone is 1. The van der Waals surface area contributed by atoms with Crippen LogP contribution < -0.4 is 5.32 Å². The fourth-order valence-corrected chi connectivity index (χ4v) is 2.39. The predicted molar refractivity (Wildman–Crippen MR) is 72.9 cm³/mol. The summed E-state index contributed by atoms with van der Waals surface area (Å²) in [5.41, 5.74) is 2.56. The summed E-state index contributed by atoms with van der Waals surface area (Å²) in [5.74, 6) is 0.0136. The smallest absolute Gasteiger partial charge is 0.188 e. The average Bonchev–Trinajstić information content (AvgIpc) is 2.41. The molecule has 18 heavy (non-hydrogen) atoms. The predicted octanol–water partition coefficient (Wildman–Crippen LogP) is 2.45. The van der Waals surface area contributed by atoms with E-state index < -0.39 is 0 Å². The number of nitrogens with one attached hydrogen (secondary N) is 1. The molecular formula is C15H13NO2. The normalized spacial score (nSPS) is 13.1. The summed E-state index contributed by atoms with van der Waals surface area (Å²) in [6.07, 6.45) is 3.45. The van der Waals surface area contributed by atoms with Gasteiger partial charge in [0.05, 0.1) is 12.2 Å². The van der Waals surface area contributed by atoms with Crippen LogP contribution >= 0.6 is 0 Å². The molecular weight excluding hydrogens is 226 g/mol. The summed E-state index contributed by atoms with van der Waals surface area (Å²) in [5, 5.41) is 14.0. The van der Waals surface area contributed by atoms with Crippen molar-refractivity contribution >= 4 is 28.3 Å². The Hall–Kier alpha value is -2.13. The molecule has 2 N–H and O–H groups in total. The number of rotatable bonds is 3. The first kappa shape index (κ1) is 11.0. The zero-order valence-electron chi connectivity index (χ0n) is 9.81. The van der Waals surface area contributed by atoms with Crippen LogP contribution in [0, 0.1) is 0 Å². The van der Waals surface area contributed by atoms with E-state index in [-0.39, 0.29) is 12.4 Å². The van der Waals surface area contributed by atoms with Crippen molar-refractivity contribution in [2.75, 3.05) is 18.5 Å². The molecule has 0 aromatic heterocycles. The third kappa shape index (κ3) is 1.60. The Labute approximate surface area is 105 Å². The van der Waals surface area contributed by atoms with E-state index >= 15 is 0 Å². The number of hydrogen-bond acceptors (Lipinski definition) is 3. The van der Waals surface area contributed by atoms with E-state index in [9.17, 15) is 4.79 Å². The Morgan fingerprint density at radius 2 is 2.00 bits per heavy atom. The van der Waals surface area contributed by atoms with Gasteiger partial charge in [0.25, 0.3) is 0 Å². The lowest BCUT2D eigenvalue weighted by molar-refractivity contribution is 0.104. The van der Waals surface area contributed by atoms with Gasteiger partial charge in [0.1, 0.15) is 0 Å². The molecule has 3 rings (SSSR count). The molecule has 0 radical (unpaired) electrons. The van der Waals surface area contributed by atoms with Crippen molar-refractivity contribution in [3.05, 3.63) is 47.5 Å². The maximum atomic E-state index is 12.1. The molecule has 90 valence electrons. The molecule has 2 aromatic carbocycles. The summed E-state index contributed by atoms with van der Waals surface area (Å²) < 4.78 is 0. The highest BCUT2D eigenvalue weighted by molar-refractivity contribution is 6.23. The van der Waals surface area contributed by atoms with Crippen molar-refractivity contribution in [3.63, 3.8) is 0 Å². The zero-order valence-corrected chi connectivity index (χ0v) is 9.81. The number of anilines is 1. The van der Waals surface area contributed by atoms with Crippen LogP contribution in [0.1, 0.15) is 15.9 Å². The van der Waals surface area contributed by atoms with E-state index in [1.165, 1.54) is 0 Å². The maximum absolute atomic E-state index is 12.1. The van der Waals surface area contributed by atoms with Gasteiger partial charge in [-0.15, -0.1) is 0 Å². The number of carbonyl (C=O) groups excluding carboxylic acids is 1. The van der Waals surface area contributed by atoms with Gasteiger partial charge in [-0.05, 0) is 23.1 Å². The van der Waals surface area contributed by atoms with E-state index in [2.05, 4.69) is 5.32 Å². The molecule has 1 aliphatic carbocycles. The number of ketones is 1. The standard InChI is InChI=1S/C15H13NO2/c17-9-8-16-12-6-4-10-2-1-3-11-5-7-13(18)15(12)14(10)11/h1-7,16-17H,8-9H2. The number of carbonyl (C=O) groups is 1. The molecule has 0 unspecified atom stereocenters.